The zero-order valence-electron chi connectivity index (χ0n) is 24.9. The number of aromatic nitrogens is 5. The molecule has 0 aliphatic carbocycles. The van der Waals surface area contributed by atoms with Gasteiger partial charge in [0.25, 0.3) is 17.8 Å². The molecular formula is C26H23N9O11S2. The molecule has 3 aromatic rings. The minimum absolute atomic E-state index is 0.148. The molecule has 1 fully saturated rings. The molecule has 0 radical (unpaired) electrons. The van der Waals surface area contributed by atoms with E-state index >= 15 is 0 Å². The van der Waals surface area contributed by atoms with Gasteiger partial charge >= 0.3 is 23.9 Å². The average molecular weight is 702 g/mol. The number of β-lactam (4-membered cyclic amide) rings is 1. The van der Waals surface area contributed by atoms with Crippen LogP contribution in [0.3, 0.4) is 0 Å². The number of aliphatic carboxylic acids is 1. The van der Waals surface area contributed by atoms with Crippen LogP contribution in [-0.4, -0.2) is 99.5 Å². The van der Waals surface area contributed by atoms with Crippen molar-refractivity contribution in [3.63, 3.8) is 0 Å². The van der Waals surface area contributed by atoms with Crippen molar-refractivity contribution in [3.8, 4) is 11.5 Å². The van der Waals surface area contributed by atoms with E-state index in [9.17, 15) is 33.9 Å². The van der Waals surface area contributed by atoms with Crippen LogP contribution in [0.5, 0.6) is 11.5 Å². The Bertz CT molecular complexity index is 1900. The normalized spacial score (nSPS) is 17.3. The molecule has 2 aromatic heterocycles. The smallest absolute Gasteiger partial charge is 0.365 e. The van der Waals surface area contributed by atoms with Gasteiger partial charge in [0.1, 0.15) is 29.1 Å². The maximum atomic E-state index is 13.4. The van der Waals surface area contributed by atoms with E-state index in [0.717, 1.165) is 31.1 Å². The SMILES string of the molecule is CC(=O)Oc1ccc(C(=O)ON=C(C(=O)N[C@@H]2C(=O)N3C(C(=O)O)=C(CSc4nnnn4C)CS[C@@H]23)c2coc(N)n2)cc1OC(C)=O. The summed E-state index contributed by atoms with van der Waals surface area (Å²) in [6.45, 7) is 2.22. The van der Waals surface area contributed by atoms with Crippen LogP contribution in [0.25, 0.3) is 0 Å². The molecule has 0 spiro atoms. The Morgan fingerprint density at radius 2 is 1.92 bits per heavy atom. The van der Waals surface area contributed by atoms with Gasteiger partial charge in [-0.05, 0) is 34.2 Å². The number of hydrogen-bond donors (Lipinski definition) is 3. The molecular weight excluding hydrogens is 678 g/mol. The number of oxime groups is 1. The number of tetrazole rings is 1. The van der Waals surface area contributed by atoms with Gasteiger partial charge in [-0.15, -0.1) is 16.9 Å². The number of carboxylic acids is 1. The lowest BCUT2D eigenvalue weighted by Crippen LogP contribution is -2.71. The van der Waals surface area contributed by atoms with Crippen molar-refractivity contribution in [2.24, 2.45) is 12.2 Å². The molecule has 0 unspecified atom stereocenters. The van der Waals surface area contributed by atoms with Crippen LogP contribution in [0.4, 0.5) is 6.01 Å². The minimum atomic E-state index is -1.32. The molecule has 22 heteroatoms. The number of fused-ring (bicyclic) bond motifs is 1. The van der Waals surface area contributed by atoms with Gasteiger partial charge < -0.3 is 34.9 Å². The van der Waals surface area contributed by atoms with E-state index in [4.69, 9.17) is 24.5 Å². The number of oxazole rings is 1. The van der Waals surface area contributed by atoms with Crippen molar-refractivity contribution in [1.82, 2.24) is 35.4 Å². The summed E-state index contributed by atoms with van der Waals surface area (Å²) >= 11 is 2.42. The monoisotopic (exact) mass is 701 g/mol. The standard InChI is InChI=1S/C26H23N9O11S2/c1-10(36)44-15-5-4-12(6-16(15)45-11(2)37)24(42)46-31-17(14-7-43-25(27)28-14)20(38)29-18-21(39)35-19(23(40)41)13(8-47-22(18)35)9-48-26-30-32-33-34(26)3/h4-7,18,22H,8-9H2,1-3H3,(H2,27,28)(H,29,38)(H,40,41)/t18-,22+/m1/s1. The number of carbonyl (C=O) groups is 6. The first kappa shape index (κ1) is 33.6. The first-order valence-corrected chi connectivity index (χ1v) is 15.4. The van der Waals surface area contributed by atoms with Crippen molar-refractivity contribution in [1.29, 1.82) is 0 Å². The largest absolute Gasteiger partial charge is 0.477 e. The fraction of sp³-hybridized carbons (Fsp3) is 0.269. The number of nitrogens with two attached hydrogens (primary N) is 1. The highest BCUT2D eigenvalue weighted by Crippen LogP contribution is 2.41. The van der Waals surface area contributed by atoms with Gasteiger partial charge in [0.05, 0.1) is 5.56 Å². The molecule has 2 aliphatic rings. The molecule has 0 bridgehead atoms. The highest BCUT2D eigenvalue weighted by molar-refractivity contribution is 8.01. The molecule has 0 saturated carbocycles. The van der Waals surface area contributed by atoms with Crippen LogP contribution in [0.15, 0.2) is 50.5 Å². The first-order chi connectivity index (χ1) is 22.8. The number of nitrogens with zero attached hydrogens (tertiary/aromatic N) is 7. The topological polar surface area (TPSA) is 274 Å². The third-order valence-electron chi connectivity index (χ3n) is 6.38. The van der Waals surface area contributed by atoms with Crippen molar-refractivity contribution in [2.45, 2.75) is 30.4 Å². The Morgan fingerprint density at radius 1 is 1.19 bits per heavy atom. The molecule has 1 saturated heterocycles. The highest BCUT2D eigenvalue weighted by atomic mass is 32.2. The maximum Gasteiger partial charge on any atom is 0.365 e. The molecule has 1 aromatic carbocycles. The van der Waals surface area contributed by atoms with Gasteiger partial charge in [0, 0.05) is 32.4 Å². The van der Waals surface area contributed by atoms with Crippen LogP contribution in [0.1, 0.15) is 29.9 Å². The Morgan fingerprint density at radius 3 is 2.54 bits per heavy atom. The molecule has 4 N–H and O–H groups in total. The molecule has 2 atom stereocenters. The maximum absolute atomic E-state index is 13.4. The number of amides is 2. The third kappa shape index (κ3) is 7.12. The quantitative estimate of drug-likeness (QED) is 0.0441. The van der Waals surface area contributed by atoms with Crippen LogP contribution in [0.2, 0.25) is 0 Å². The average Bonchev–Trinajstić information content (AvgIpc) is 3.65. The van der Waals surface area contributed by atoms with Crippen molar-refractivity contribution >= 4 is 70.9 Å². The number of benzene rings is 1. The number of aryl methyl sites for hydroxylation is 1. The number of thioether (sulfide) groups is 2. The van der Waals surface area contributed by atoms with E-state index in [0.29, 0.717) is 10.7 Å². The molecule has 2 amide bonds. The van der Waals surface area contributed by atoms with E-state index in [-0.39, 0.29) is 46.0 Å². The van der Waals surface area contributed by atoms with E-state index < -0.39 is 52.8 Å². The van der Waals surface area contributed by atoms with E-state index in [2.05, 4.69) is 31.0 Å². The van der Waals surface area contributed by atoms with E-state index in [1.807, 2.05) is 0 Å². The molecule has 4 heterocycles. The Labute approximate surface area is 277 Å². The highest BCUT2D eigenvalue weighted by Gasteiger charge is 2.54. The van der Waals surface area contributed by atoms with Crippen LogP contribution >= 0.6 is 23.5 Å². The predicted molar refractivity (Wildman–Crippen MR) is 161 cm³/mol. The van der Waals surface area contributed by atoms with Crippen LogP contribution in [0, 0.1) is 0 Å². The van der Waals surface area contributed by atoms with Gasteiger partial charge in [-0.25, -0.2) is 14.3 Å². The molecule has 5 rings (SSSR count). The molecule has 250 valence electrons. The number of rotatable bonds is 11. The summed E-state index contributed by atoms with van der Waals surface area (Å²) in [6, 6.07) is 1.88. The van der Waals surface area contributed by atoms with Crippen molar-refractivity contribution in [2.75, 3.05) is 17.2 Å². The minimum Gasteiger partial charge on any atom is -0.477 e. The Hall–Kier alpha value is -5.77. The molecule has 48 heavy (non-hydrogen) atoms. The van der Waals surface area contributed by atoms with Gasteiger partial charge in [-0.2, -0.15) is 4.98 Å². The number of hydrogen-bond acceptors (Lipinski definition) is 18. The van der Waals surface area contributed by atoms with Gasteiger partial charge in [0.2, 0.25) is 5.16 Å². The second kappa shape index (κ2) is 13.9. The van der Waals surface area contributed by atoms with Crippen LogP contribution in [-0.2, 0) is 35.9 Å². The number of ether oxygens (including phenoxy) is 2. The number of nitrogens with one attached hydrogen (secondary N) is 1. The lowest BCUT2D eigenvalue weighted by atomic mass is 10.0. The van der Waals surface area contributed by atoms with Gasteiger partial charge in [-0.3, -0.25) is 24.1 Å². The van der Waals surface area contributed by atoms with E-state index in [1.165, 1.54) is 40.3 Å². The summed E-state index contributed by atoms with van der Waals surface area (Å²) in [5.74, 6) is -5.66. The fourth-order valence-electron chi connectivity index (χ4n) is 4.35. The molecule has 2 aliphatic heterocycles. The summed E-state index contributed by atoms with van der Waals surface area (Å²) in [6.07, 6.45) is 0.959. The summed E-state index contributed by atoms with van der Waals surface area (Å²) in [4.78, 5) is 84.5. The second-order valence-corrected chi connectivity index (χ2v) is 11.8. The predicted octanol–water partition coefficient (Wildman–Crippen LogP) is -0.277. The fourth-order valence-corrected chi connectivity index (χ4v) is 6.68. The van der Waals surface area contributed by atoms with Crippen LogP contribution < -0.4 is 20.5 Å². The number of carboxylic acid groups (broad SMARTS) is 1. The number of esters is 2. The zero-order chi connectivity index (χ0) is 34.7. The van der Waals surface area contributed by atoms with Gasteiger partial charge in [0.15, 0.2) is 17.2 Å². The second-order valence-electron chi connectivity index (χ2n) is 9.73. The van der Waals surface area contributed by atoms with Crippen molar-refractivity contribution in [3.05, 3.63) is 47.0 Å². The van der Waals surface area contributed by atoms with Crippen molar-refractivity contribution < 1.29 is 52.6 Å². The summed E-state index contributed by atoms with van der Waals surface area (Å²) < 4.78 is 16.4. The lowest BCUT2D eigenvalue weighted by molar-refractivity contribution is -0.150. The number of nitrogen functional groups attached to an aromatic ring is 1. The summed E-state index contributed by atoms with van der Waals surface area (Å²) in [7, 11) is 1.63. The third-order valence-corrected chi connectivity index (χ3v) is 8.82. The first-order valence-electron chi connectivity index (χ1n) is 13.4. The summed E-state index contributed by atoms with van der Waals surface area (Å²) in [5, 5.41) is 26.8. The Kier molecular flexibility index (Phi) is 9.74. The number of carbonyl (C=O) groups excluding carboxylic acids is 5. The molecule has 20 nitrogen and oxygen atoms in total. The van der Waals surface area contributed by atoms with Gasteiger partial charge in [-0.1, -0.05) is 16.9 Å². The zero-order valence-corrected chi connectivity index (χ0v) is 26.6. The summed E-state index contributed by atoms with van der Waals surface area (Å²) in [5.41, 5.74) is 4.71. The van der Waals surface area contributed by atoms with E-state index in [1.54, 1.807) is 7.05 Å². The number of anilines is 1. The lowest BCUT2D eigenvalue weighted by Gasteiger charge is -2.49. The Balaban J connectivity index is 1.33.